The van der Waals surface area contributed by atoms with Crippen LogP contribution in [0.25, 0.3) is 22.1 Å². The lowest BCUT2D eigenvalue weighted by atomic mass is 9.97. The Kier molecular flexibility index (Phi) is 6.22. The van der Waals surface area contributed by atoms with Crippen molar-refractivity contribution in [3.05, 3.63) is 75.6 Å². The average Bonchev–Trinajstić information content (AvgIpc) is 3.14. The van der Waals surface area contributed by atoms with Crippen LogP contribution in [0.4, 0.5) is 0 Å². The molecule has 0 unspecified atom stereocenters. The quantitative estimate of drug-likeness (QED) is 0.426. The highest BCUT2D eigenvalue weighted by atomic mass is 35.5. The molecule has 1 fully saturated rings. The van der Waals surface area contributed by atoms with E-state index in [0.717, 1.165) is 42.9 Å². The van der Waals surface area contributed by atoms with Crippen LogP contribution < -0.4 is 10.2 Å². The number of halogens is 1. The van der Waals surface area contributed by atoms with E-state index in [1.54, 1.807) is 18.2 Å². The molecule has 0 N–H and O–H groups in total. The topological polar surface area (TPSA) is 42.7 Å². The number of fused-ring (bicyclic) bond motifs is 1. The lowest BCUT2D eigenvalue weighted by Crippen LogP contribution is -2.26. The van der Waals surface area contributed by atoms with E-state index in [9.17, 15) is 4.79 Å². The van der Waals surface area contributed by atoms with Crippen LogP contribution in [0.2, 0.25) is 5.02 Å². The Balaban J connectivity index is 1.67. The van der Waals surface area contributed by atoms with Crippen LogP contribution in [0.15, 0.2) is 63.8 Å². The number of ether oxygens (including phenoxy) is 1. The lowest BCUT2D eigenvalue weighted by Gasteiger charge is -2.17. The largest absolute Gasteiger partial charge is 0.489 e. The molecule has 4 nitrogen and oxygen atoms in total. The van der Waals surface area contributed by atoms with E-state index < -0.39 is 0 Å². The molecule has 0 radical (unpaired) electrons. The predicted octanol–water partition coefficient (Wildman–Crippen LogP) is 6.27. The molecule has 1 saturated heterocycles. The molecule has 0 spiro atoms. The summed E-state index contributed by atoms with van der Waals surface area (Å²) in [5.41, 5.74) is 3.09. The number of nitrogens with zero attached hydrogens (tertiary/aromatic N) is 1. The highest BCUT2D eigenvalue weighted by Gasteiger charge is 2.24. The van der Waals surface area contributed by atoms with Crippen LogP contribution in [-0.2, 0) is 0 Å². The summed E-state index contributed by atoms with van der Waals surface area (Å²) in [5.74, 6) is 1.45. The highest BCUT2D eigenvalue weighted by molar-refractivity contribution is 6.30. The lowest BCUT2D eigenvalue weighted by molar-refractivity contribution is 0.204. The molecule has 5 heteroatoms. The van der Waals surface area contributed by atoms with Gasteiger partial charge in [-0.2, -0.15) is 0 Å². The summed E-state index contributed by atoms with van der Waals surface area (Å²) < 4.78 is 12.5. The van der Waals surface area contributed by atoms with Crippen LogP contribution >= 0.6 is 11.6 Å². The van der Waals surface area contributed by atoms with E-state index in [1.165, 1.54) is 0 Å². The van der Waals surface area contributed by atoms with Crippen molar-refractivity contribution >= 4 is 22.6 Å². The van der Waals surface area contributed by atoms with Crippen molar-refractivity contribution in [2.45, 2.75) is 39.2 Å². The molecule has 2 heterocycles. The first kappa shape index (κ1) is 21.7. The van der Waals surface area contributed by atoms with Gasteiger partial charge in [0, 0.05) is 36.6 Å². The van der Waals surface area contributed by atoms with E-state index in [0.29, 0.717) is 27.3 Å². The first-order valence-corrected chi connectivity index (χ1v) is 11.1. The van der Waals surface area contributed by atoms with E-state index in [2.05, 4.69) is 11.5 Å². The van der Waals surface area contributed by atoms with Gasteiger partial charge in [0.2, 0.25) is 5.43 Å². The molecule has 0 amide bonds. The third kappa shape index (κ3) is 4.70. The normalized spacial score (nSPS) is 16.9. The summed E-state index contributed by atoms with van der Waals surface area (Å²) in [6.07, 6.45) is 1.10. The zero-order valence-electron chi connectivity index (χ0n) is 18.3. The van der Waals surface area contributed by atoms with Crippen molar-refractivity contribution in [1.29, 1.82) is 0 Å². The van der Waals surface area contributed by atoms with Crippen molar-refractivity contribution in [2.75, 3.05) is 19.6 Å². The van der Waals surface area contributed by atoms with Crippen LogP contribution in [0, 0.1) is 0 Å². The zero-order valence-corrected chi connectivity index (χ0v) is 19.0. The highest BCUT2D eigenvalue weighted by Crippen LogP contribution is 2.32. The minimum absolute atomic E-state index is 0.0349. The standard InChI is InChI=1S/C26H28ClNO3/c1-16(2)14-28-12-11-21(15-28)30-20-9-10-22-23(13-20)31-26(17(3)4)24(25(22)29)18-5-7-19(27)8-6-18/h5-10,13,17,21H,1,11-12,14-15H2,2-4H3/t21-/m0/s1. The smallest absolute Gasteiger partial charge is 0.200 e. The fraction of sp³-hybridized carbons (Fsp3) is 0.346. The van der Waals surface area contributed by atoms with Gasteiger partial charge in [0.15, 0.2) is 0 Å². The first-order valence-electron chi connectivity index (χ1n) is 10.7. The predicted molar refractivity (Wildman–Crippen MR) is 127 cm³/mol. The van der Waals surface area contributed by atoms with Crippen LogP contribution in [0.1, 0.15) is 38.9 Å². The third-order valence-corrected chi connectivity index (χ3v) is 5.83. The molecular formula is C26H28ClNO3. The van der Waals surface area contributed by atoms with Gasteiger partial charge in [-0.05, 0) is 43.2 Å². The second kappa shape index (κ2) is 8.89. The van der Waals surface area contributed by atoms with Crippen molar-refractivity contribution in [2.24, 2.45) is 0 Å². The Morgan fingerprint density at radius 1 is 1.26 bits per heavy atom. The van der Waals surface area contributed by atoms with Gasteiger partial charge in [0.1, 0.15) is 23.2 Å². The van der Waals surface area contributed by atoms with Crippen molar-refractivity contribution in [3.63, 3.8) is 0 Å². The summed E-state index contributed by atoms with van der Waals surface area (Å²) in [7, 11) is 0. The van der Waals surface area contributed by atoms with Crippen molar-refractivity contribution in [3.8, 4) is 16.9 Å². The maximum Gasteiger partial charge on any atom is 0.200 e. The Morgan fingerprint density at radius 2 is 2.00 bits per heavy atom. The molecule has 2 aromatic carbocycles. The van der Waals surface area contributed by atoms with Crippen LogP contribution in [0.3, 0.4) is 0 Å². The van der Waals surface area contributed by atoms with E-state index in [-0.39, 0.29) is 17.5 Å². The molecule has 3 aromatic rings. The number of hydrogen-bond donors (Lipinski definition) is 0. The van der Waals surface area contributed by atoms with Gasteiger partial charge in [-0.15, -0.1) is 0 Å². The van der Waals surface area contributed by atoms with Crippen molar-refractivity contribution in [1.82, 2.24) is 4.90 Å². The van der Waals surface area contributed by atoms with Gasteiger partial charge in [0.05, 0.1) is 10.9 Å². The number of benzene rings is 2. The van der Waals surface area contributed by atoms with Gasteiger partial charge >= 0.3 is 0 Å². The minimum atomic E-state index is -0.0349. The second-order valence-electron chi connectivity index (χ2n) is 8.71. The molecule has 1 atom stereocenters. The average molecular weight is 438 g/mol. The maximum atomic E-state index is 13.4. The molecule has 162 valence electrons. The number of rotatable bonds is 6. The second-order valence-corrected chi connectivity index (χ2v) is 9.15. The monoisotopic (exact) mass is 437 g/mol. The summed E-state index contributed by atoms with van der Waals surface area (Å²) in [6.45, 7) is 12.9. The summed E-state index contributed by atoms with van der Waals surface area (Å²) >= 11 is 6.03. The molecule has 0 saturated carbocycles. The Morgan fingerprint density at radius 3 is 2.68 bits per heavy atom. The molecule has 0 aliphatic carbocycles. The summed E-state index contributed by atoms with van der Waals surface area (Å²) in [5, 5.41) is 1.19. The Bertz CT molecular complexity index is 1160. The molecule has 1 aromatic heterocycles. The van der Waals surface area contributed by atoms with E-state index in [1.807, 2.05) is 45.0 Å². The molecular weight excluding hydrogens is 410 g/mol. The minimum Gasteiger partial charge on any atom is -0.489 e. The third-order valence-electron chi connectivity index (χ3n) is 5.57. The van der Waals surface area contributed by atoms with Crippen molar-refractivity contribution < 1.29 is 9.15 Å². The zero-order chi connectivity index (χ0) is 22.1. The molecule has 4 rings (SSSR count). The van der Waals surface area contributed by atoms with Crippen LogP contribution in [-0.4, -0.2) is 30.6 Å². The number of likely N-dealkylation sites (tertiary alicyclic amines) is 1. The summed E-state index contributed by atoms with van der Waals surface area (Å²) in [4.78, 5) is 15.7. The number of hydrogen-bond acceptors (Lipinski definition) is 4. The molecule has 1 aliphatic rings. The maximum absolute atomic E-state index is 13.4. The van der Waals surface area contributed by atoms with E-state index in [4.69, 9.17) is 20.8 Å². The van der Waals surface area contributed by atoms with Gasteiger partial charge in [0.25, 0.3) is 0 Å². The SMILES string of the molecule is C=C(C)CN1CC[C@H](Oc2ccc3c(=O)c(-c4ccc(Cl)cc4)c(C(C)C)oc3c2)C1. The first-order chi connectivity index (χ1) is 14.8. The van der Waals surface area contributed by atoms with Gasteiger partial charge in [-0.3, -0.25) is 9.69 Å². The Hall–Kier alpha value is -2.56. The molecule has 31 heavy (non-hydrogen) atoms. The van der Waals surface area contributed by atoms with Gasteiger partial charge < -0.3 is 9.15 Å². The summed E-state index contributed by atoms with van der Waals surface area (Å²) in [6, 6.07) is 12.8. The Labute approximate surface area is 188 Å². The molecule has 0 bridgehead atoms. The van der Waals surface area contributed by atoms with Gasteiger partial charge in [-0.1, -0.05) is 49.7 Å². The van der Waals surface area contributed by atoms with Crippen LogP contribution in [0.5, 0.6) is 5.75 Å². The van der Waals surface area contributed by atoms with E-state index >= 15 is 0 Å². The molecule has 1 aliphatic heterocycles. The van der Waals surface area contributed by atoms with Gasteiger partial charge in [-0.25, -0.2) is 0 Å². The fourth-order valence-electron chi connectivity index (χ4n) is 4.17. The fourth-order valence-corrected chi connectivity index (χ4v) is 4.30.